The molecule has 3 rings (SSSR count). The molecule has 6 nitrogen and oxygen atoms in total. The highest BCUT2D eigenvalue weighted by Crippen LogP contribution is 2.34. The Kier molecular flexibility index (Phi) is 4.34. The van der Waals surface area contributed by atoms with Crippen LogP contribution in [0.5, 0.6) is 0 Å². The maximum atomic E-state index is 12.7. The molecule has 0 aromatic heterocycles. The van der Waals surface area contributed by atoms with Crippen LogP contribution in [0.2, 0.25) is 0 Å². The van der Waals surface area contributed by atoms with Gasteiger partial charge in [-0.1, -0.05) is 19.3 Å². The highest BCUT2D eigenvalue weighted by molar-refractivity contribution is 6.09. The molecule has 3 fully saturated rings. The van der Waals surface area contributed by atoms with Crippen LogP contribution in [0.4, 0.5) is 4.79 Å². The molecule has 0 aromatic rings. The monoisotopic (exact) mass is 321 g/mol. The molecule has 1 saturated carbocycles. The predicted octanol–water partition coefficient (Wildman–Crippen LogP) is 2.03. The molecule has 2 atom stereocenters. The number of rotatable bonds is 2. The molecule has 0 aromatic carbocycles. The van der Waals surface area contributed by atoms with Gasteiger partial charge in [-0.3, -0.25) is 14.5 Å². The van der Waals surface area contributed by atoms with Crippen LogP contribution in [0.25, 0.3) is 0 Å². The second-order valence-electron chi connectivity index (χ2n) is 7.39. The van der Waals surface area contributed by atoms with Gasteiger partial charge in [-0.05, 0) is 46.0 Å². The van der Waals surface area contributed by atoms with Gasteiger partial charge < -0.3 is 10.2 Å². The van der Waals surface area contributed by atoms with Gasteiger partial charge in [0.15, 0.2) is 0 Å². The van der Waals surface area contributed by atoms with Crippen LogP contribution in [0.3, 0.4) is 0 Å². The summed E-state index contributed by atoms with van der Waals surface area (Å²) < 4.78 is 0. The summed E-state index contributed by atoms with van der Waals surface area (Å²) in [6.45, 7) is 3.96. The first-order valence-corrected chi connectivity index (χ1v) is 8.90. The number of hydrogen-bond donors (Lipinski definition) is 1. The Hall–Kier alpha value is -1.59. The Labute approximate surface area is 137 Å². The first kappa shape index (κ1) is 16.3. The molecule has 0 unspecified atom stereocenters. The molecule has 2 saturated heterocycles. The number of piperidine rings is 1. The molecule has 2 aliphatic heterocycles. The van der Waals surface area contributed by atoms with E-state index in [2.05, 4.69) is 5.32 Å². The Morgan fingerprint density at radius 2 is 1.70 bits per heavy atom. The minimum atomic E-state index is -0.741. The third kappa shape index (κ3) is 2.83. The second kappa shape index (κ2) is 6.13. The van der Waals surface area contributed by atoms with Crippen LogP contribution in [-0.4, -0.2) is 51.8 Å². The van der Waals surface area contributed by atoms with Crippen molar-refractivity contribution in [3.8, 4) is 0 Å². The highest BCUT2D eigenvalue weighted by atomic mass is 16.2. The summed E-state index contributed by atoms with van der Waals surface area (Å²) in [6.07, 6.45) is 7.49. The zero-order valence-electron chi connectivity index (χ0n) is 14.1. The summed E-state index contributed by atoms with van der Waals surface area (Å²) in [5.74, 6) is -0.311. The SMILES string of the molecule is C[C@H]1CCC[C@H](C)N1C(=O)CN1C(=O)NC2(CCCCC2)C1=O. The van der Waals surface area contributed by atoms with E-state index in [1.807, 2.05) is 18.7 Å². The van der Waals surface area contributed by atoms with Crippen molar-refractivity contribution in [3.05, 3.63) is 0 Å². The Morgan fingerprint density at radius 1 is 1.09 bits per heavy atom. The lowest BCUT2D eigenvalue weighted by Gasteiger charge is -2.39. The van der Waals surface area contributed by atoms with E-state index < -0.39 is 11.6 Å². The van der Waals surface area contributed by atoms with Crippen LogP contribution < -0.4 is 5.32 Å². The molecule has 128 valence electrons. The van der Waals surface area contributed by atoms with Crippen molar-refractivity contribution in [1.29, 1.82) is 0 Å². The fraction of sp³-hybridized carbons (Fsp3) is 0.824. The zero-order chi connectivity index (χ0) is 16.6. The van der Waals surface area contributed by atoms with Crippen molar-refractivity contribution >= 4 is 17.8 Å². The van der Waals surface area contributed by atoms with E-state index in [1.165, 1.54) is 0 Å². The molecular weight excluding hydrogens is 294 g/mol. The number of nitrogens with one attached hydrogen (secondary N) is 1. The summed E-state index contributed by atoms with van der Waals surface area (Å²) in [4.78, 5) is 40.7. The average Bonchev–Trinajstić information content (AvgIpc) is 2.72. The molecule has 1 spiro atoms. The van der Waals surface area contributed by atoms with E-state index in [9.17, 15) is 14.4 Å². The van der Waals surface area contributed by atoms with Gasteiger partial charge in [-0.15, -0.1) is 0 Å². The van der Waals surface area contributed by atoms with Gasteiger partial charge >= 0.3 is 6.03 Å². The molecule has 3 aliphatic rings. The minimum absolute atomic E-state index is 0.110. The Morgan fingerprint density at radius 3 is 2.30 bits per heavy atom. The van der Waals surface area contributed by atoms with Gasteiger partial charge in [0.1, 0.15) is 12.1 Å². The number of nitrogens with zero attached hydrogens (tertiary/aromatic N) is 2. The number of amides is 4. The van der Waals surface area contributed by atoms with E-state index in [0.717, 1.165) is 43.4 Å². The quantitative estimate of drug-likeness (QED) is 0.791. The molecule has 2 heterocycles. The number of urea groups is 1. The van der Waals surface area contributed by atoms with Gasteiger partial charge in [0.25, 0.3) is 5.91 Å². The summed E-state index contributed by atoms with van der Waals surface area (Å²) in [7, 11) is 0. The van der Waals surface area contributed by atoms with E-state index in [4.69, 9.17) is 0 Å². The third-order valence-corrected chi connectivity index (χ3v) is 5.73. The van der Waals surface area contributed by atoms with Crippen molar-refractivity contribution in [2.75, 3.05) is 6.54 Å². The number of likely N-dealkylation sites (tertiary alicyclic amines) is 1. The molecule has 23 heavy (non-hydrogen) atoms. The van der Waals surface area contributed by atoms with Crippen molar-refractivity contribution in [2.45, 2.75) is 82.8 Å². The van der Waals surface area contributed by atoms with E-state index in [-0.39, 0.29) is 30.4 Å². The maximum absolute atomic E-state index is 12.7. The molecule has 4 amide bonds. The lowest BCUT2D eigenvalue weighted by molar-refractivity contribution is -0.143. The van der Waals surface area contributed by atoms with Crippen LogP contribution in [0, 0.1) is 0 Å². The van der Waals surface area contributed by atoms with E-state index in [1.54, 1.807) is 0 Å². The summed E-state index contributed by atoms with van der Waals surface area (Å²) in [5.41, 5.74) is -0.741. The number of imide groups is 1. The topological polar surface area (TPSA) is 69.7 Å². The second-order valence-corrected chi connectivity index (χ2v) is 7.39. The first-order valence-electron chi connectivity index (χ1n) is 8.90. The van der Waals surface area contributed by atoms with E-state index in [0.29, 0.717) is 12.8 Å². The Bertz CT molecular complexity index is 503. The minimum Gasteiger partial charge on any atom is -0.336 e. The highest BCUT2D eigenvalue weighted by Gasteiger charge is 2.52. The fourth-order valence-corrected chi connectivity index (χ4v) is 4.44. The van der Waals surface area contributed by atoms with Gasteiger partial charge in [-0.2, -0.15) is 0 Å². The van der Waals surface area contributed by atoms with Gasteiger partial charge in [-0.25, -0.2) is 4.79 Å². The maximum Gasteiger partial charge on any atom is 0.325 e. The Balaban J connectivity index is 1.71. The van der Waals surface area contributed by atoms with Crippen LogP contribution in [-0.2, 0) is 9.59 Å². The normalized spacial score (nSPS) is 30.7. The average molecular weight is 321 g/mol. The van der Waals surface area contributed by atoms with E-state index >= 15 is 0 Å². The molecular formula is C17H27N3O3. The summed E-state index contributed by atoms with van der Waals surface area (Å²) >= 11 is 0. The number of carbonyl (C=O) groups excluding carboxylic acids is 3. The lowest BCUT2D eigenvalue weighted by atomic mass is 9.82. The van der Waals surface area contributed by atoms with Crippen molar-refractivity contribution < 1.29 is 14.4 Å². The molecule has 0 radical (unpaired) electrons. The van der Waals surface area contributed by atoms with Crippen molar-refractivity contribution in [3.63, 3.8) is 0 Å². The standard InChI is InChI=1S/C17H27N3O3/c1-12-7-6-8-13(2)20(12)14(21)11-19-15(22)17(18-16(19)23)9-4-3-5-10-17/h12-13H,3-11H2,1-2H3,(H,18,23)/t12-,13-/m0/s1. The smallest absolute Gasteiger partial charge is 0.325 e. The molecule has 1 N–H and O–H groups in total. The lowest BCUT2D eigenvalue weighted by Crippen LogP contribution is -2.52. The van der Waals surface area contributed by atoms with Gasteiger partial charge in [0.05, 0.1) is 0 Å². The van der Waals surface area contributed by atoms with Crippen LogP contribution >= 0.6 is 0 Å². The molecule has 1 aliphatic carbocycles. The summed E-state index contributed by atoms with van der Waals surface area (Å²) in [6, 6.07) is -0.0473. The van der Waals surface area contributed by atoms with Crippen molar-refractivity contribution in [2.24, 2.45) is 0 Å². The van der Waals surface area contributed by atoms with Gasteiger partial charge in [0, 0.05) is 12.1 Å². The van der Waals surface area contributed by atoms with Crippen LogP contribution in [0.1, 0.15) is 65.2 Å². The largest absolute Gasteiger partial charge is 0.336 e. The number of hydrogen-bond acceptors (Lipinski definition) is 3. The summed E-state index contributed by atoms with van der Waals surface area (Å²) in [5, 5.41) is 2.87. The van der Waals surface area contributed by atoms with Crippen LogP contribution in [0.15, 0.2) is 0 Å². The predicted molar refractivity (Wildman–Crippen MR) is 85.7 cm³/mol. The van der Waals surface area contributed by atoms with Crippen molar-refractivity contribution in [1.82, 2.24) is 15.1 Å². The molecule has 6 heteroatoms. The first-order chi connectivity index (χ1) is 10.9. The zero-order valence-corrected chi connectivity index (χ0v) is 14.1. The van der Waals surface area contributed by atoms with Gasteiger partial charge in [0.2, 0.25) is 5.91 Å². The molecule has 0 bridgehead atoms. The fourth-order valence-electron chi connectivity index (χ4n) is 4.44. The number of carbonyl (C=O) groups is 3. The third-order valence-electron chi connectivity index (χ3n) is 5.73.